The van der Waals surface area contributed by atoms with Crippen LogP contribution in [0.3, 0.4) is 0 Å². The largest absolute Gasteiger partial charge is 0.464 e. The van der Waals surface area contributed by atoms with Crippen molar-refractivity contribution in [2.45, 2.75) is 19.4 Å². The monoisotopic (exact) mass is 256 g/mol. The number of hydrogen-bond acceptors (Lipinski definition) is 6. The van der Waals surface area contributed by atoms with Gasteiger partial charge in [0.15, 0.2) is 10.8 Å². The molecule has 0 amide bonds. The van der Waals surface area contributed by atoms with E-state index < -0.39 is 0 Å². The second-order valence-electron chi connectivity index (χ2n) is 3.99. The smallest absolute Gasteiger partial charge is 0.357 e. The molecule has 5 nitrogen and oxygen atoms in total. The van der Waals surface area contributed by atoms with Crippen molar-refractivity contribution < 1.29 is 14.3 Å². The zero-order valence-electron chi connectivity index (χ0n) is 10.0. The van der Waals surface area contributed by atoms with Gasteiger partial charge in [-0.15, -0.1) is 11.3 Å². The van der Waals surface area contributed by atoms with E-state index in [1.807, 2.05) is 6.92 Å². The van der Waals surface area contributed by atoms with Crippen LogP contribution in [0.25, 0.3) is 0 Å². The van der Waals surface area contributed by atoms with Gasteiger partial charge in [0.05, 0.1) is 13.2 Å². The highest BCUT2D eigenvalue weighted by Gasteiger charge is 2.19. The normalized spacial score (nSPS) is 21.1. The highest BCUT2D eigenvalue weighted by molar-refractivity contribution is 7.13. The number of esters is 1. The van der Waals surface area contributed by atoms with Gasteiger partial charge in [0.2, 0.25) is 0 Å². The standard InChI is InChI=1S/C11H16N2O3S/c1-8-6-13(4-3-5-16-8)11-12-9(7-17-11)10(14)15-2/h7-8H,3-6H2,1-2H3. The van der Waals surface area contributed by atoms with Gasteiger partial charge < -0.3 is 14.4 Å². The molecule has 1 fully saturated rings. The molecule has 1 atom stereocenters. The lowest BCUT2D eigenvalue weighted by Gasteiger charge is -2.20. The number of hydrogen-bond donors (Lipinski definition) is 0. The Balaban J connectivity index is 2.10. The molecular weight excluding hydrogens is 240 g/mol. The molecule has 1 aromatic rings. The molecule has 0 saturated carbocycles. The molecule has 0 aromatic carbocycles. The summed E-state index contributed by atoms with van der Waals surface area (Å²) in [6.45, 7) is 4.56. The van der Waals surface area contributed by atoms with E-state index >= 15 is 0 Å². The van der Waals surface area contributed by atoms with Crippen LogP contribution < -0.4 is 4.90 Å². The first kappa shape index (κ1) is 12.3. The molecule has 17 heavy (non-hydrogen) atoms. The summed E-state index contributed by atoms with van der Waals surface area (Å²) in [5, 5.41) is 2.60. The third kappa shape index (κ3) is 2.95. The number of thiazole rings is 1. The molecule has 0 spiro atoms. The summed E-state index contributed by atoms with van der Waals surface area (Å²) in [7, 11) is 1.36. The van der Waals surface area contributed by atoms with Crippen molar-refractivity contribution in [1.82, 2.24) is 4.98 Å². The Labute approximate surface area is 104 Å². The quantitative estimate of drug-likeness (QED) is 0.751. The fraction of sp³-hybridized carbons (Fsp3) is 0.636. The average Bonchev–Trinajstić information content (AvgIpc) is 2.72. The lowest BCUT2D eigenvalue weighted by molar-refractivity contribution is 0.0595. The SMILES string of the molecule is COC(=O)c1csc(N2CCCOC(C)C2)n1. The van der Waals surface area contributed by atoms with Crippen molar-refractivity contribution in [3.63, 3.8) is 0 Å². The Bertz CT molecular complexity index is 394. The minimum absolute atomic E-state index is 0.197. The zero-order valence-corrected chi connectivity index (χ0v) is 10.8. The van der Waals surface area contributed by atoms with Crippen LogP contribution in [0.15, 0.2) is 5.38 Å². The first-order valence-electron chi connectivity index (χ1n) is 5.61. The number of carbonyl (C=O) groups is 1. The zero-order chi connectivity index (χ0) is 12.3. The van der Waals surface area contributed by atoms with Crippen LogP contribution >= 0.6 is 11.3 Å². The molecular formula is C11H16N2O3S. The number of ether oxygens (including phenoxy) is 2. The summed E-state index contributed by atoms with van der Waals surface area (Å²) >= 11 is 1.47. The van der Waals surface area contributed by atoms with Crippen molar-refractivity contribution in [3.05, 3.63) is 11.1 Å². The van der Waals surface area contributed by atoms with Crippen molar-refractivity contribution in [2.75, 3.05) is 31.7 Å². The number of anilines is 1. The van der Waals surface area contributed by atoms with E-state index in [1.165, 1.54) is 18.4 Å². The lowest BCUT2D eigenvalue weighted by Crippen LogP contribution is -2.30. The molecule has 1 aromatic heterocycles. The maximum atomic E-state index is 11.3. The Morgan fingerprint density at radius 1 is 1.71 bits per heavy atom. The highest BCUT2D eigenvalue weighted by atomic mass is 32.1. The second kappa shape index (κ2) is 5.46. The van der Waals surface area contributed by atoms with Gasteiger partial charge in [0.25, 0.3) is 0 Å². The van der Waals surface area contributed by atoms with E-state index in [9.17, 15) is 4.79 Å². The van der Waals surface area contributed by atoms with Crippen molar-refractivity contribution in [3.8, 4) is 0 Å². The number of aromatic nitrogens is 1. The van der Waals surface area contributed by atoms with Gasteiger partial charge >= 0.3 is 5.97 Å². The van der Waals surface area contributed by atoms with E-state index in [4.69, 9.17) is 4.74 Å². The number of carbonyl (C=O) groups excluding carboxylic acids is 1. The summed E-state index contributed by atoms with van der Waals surface area (Å²) in [6, 6.07) is 0. The third-order valence-electron chi connectivity index (χ3n) is 2.61. The summed E-state index contributed by atoms with van der Waals surface area (Å²) in [6.07, 6.45) is 1.18. The van der Waals surface area contributed by atoms with Crippen molar-refractivity contribution in [2.24, 2.45) is 0 Å². The van der Waals surface area contributed by atoms with Crippen LogP contribution in [0.2, 0.25) is 0 Å². The minimum Gasteiger partial charge on any atom is -0.464 e. The molecule has 2 rings (SSSR count). The van der Waals surface area contributed by atoms with Crippen LogP contribution in [0.1, 0.15) is 23.8 Å². The Morgan fingerprint density at radius 3 is 3.29 bits per heavy atom. The Kier molecular flexibility index (Phi) is 3.96. The van der Waals surface area contributed by atoms with Gasteiger partial charge in [-0.2, -0.15) is 0 Å². The summed E-state index contributed by atoms with van der Waals surface area (Å²) in [5.74, 6) is -0.383. The highest BCUT2D eigenvalue weighted by Crippen LogP contribution is 2.23. The molecule has 0 N–H and O–H groups in total. The molecule has 0 radical (unpaired) electrons. The van der Waals surface area contributed by atoms with Gasteiger partial charge in [-0.1, -0.05) is 0 Å². The van der Waals surface area contributed by atoms with E-state index in [1.54, 1.807) is 5.38 Å². The molecule has 6 heteroatoms. The second-order valence-corrected chi connectivity index (χ2v) is 4.82. The fourth-order valence-corrected chi connectivity index (χ4v) is 2.61. The maximum Gasteiger partial charge on any atom is 0.357 e. The molecule has 94 valence electrons. The van der Waals surface area contributed by atoms with E-state index in [0.29, 0.717) is 5.69 Å². The van der Waals surface area contributed by atoms with Crippen molar-refractivity contribution >= 4 is 22.4 Å². The van der Waals surface area contributed by atoms with Crippen molar-refractivity contribution in [1.29, 1.82) is 0 Å². The predicted molar refractivity (Wildman–Crippen MR) is 65.7 cm³/mol. The topological polar surface area (TPSA) is 51.7 Å². The van der Waals surface area contributed by atoms with E-state index in [2.05, 4.69) is 14.6 Å². The molecule has 1 saturated heterocycles. The minimum atomic E-state index is -0.383. The average molecular weight is 256 g/mol. The number of methoxy groups -OCH3 is 1. The van der Waals surface area contributed by atoms with Gasteiger partial charge in [-0.25, -0.2) is 9.78 Å². The molecule has 0 aliphatic carbocycles. The summed E-state index contributed by atoms with van der Waals surface area (Å²) in [4.78, 5) is 17.8. The van der Waals surface area contributed by atoms with Gasteiger partial charge in [-0.3, -0.25) is 0 Å². The Morgan fingerprint density at radius 2 is 2.53 bits per heavy atom. The third-order valence-corrected chi connectivity index (χ3v) is 3.51. The lowest BCUT2D eigenvalue weighted by atomic mass is 10.4. The first-order chi connectivity index (χ1) is 8.20. The molecule has 1 aliphatic rings. The van der Waals surface area contributed by atoms with Crippen LogP contribution in [-0.4, -0.2) is 43.9 Å². The Hall–Kier alpha value is -1.14. The van der Waals surface area contributed by atoms with Gasteiger partial charge in [0.1, 0.15) is 0 Å². The summed E-state index contributed by atoms with van der Waals surface area (Å²) in [5.41, 5.74) is 0.380. The predicted octanol–water partition coefficient (Wildman–Crippen LogP) is 1.54. The van der Waals surface area contributed by atoms with Crippen LogP contribution in [-0.2, 0) is 9.47 Å². The van der Waals surface area contributed by atoms with Crippen LogP contribution in [0, 0.1) is 0 Å². The van der Waals surface area contributed by atoms with E-state index in [0.717, 1.165) is 31.2 Å². The van der Waals surface area contributed by atoms with Crippen LogP contribution in [0.4, 0.5) is 5.13 Å². The fourth-order valence-electron chi connectivity index (χ4n) is 1.78. The van der Waals surface area contributed by atoms with Gasteiger partial charge in [0, 0.05) is 25.1 Å². The number of nitrogens with zero attached hydrogens (tertiary/aromatic N) is 2. The van der Waals surface area contributed by atoms with E-state index in [-0.39, 0.29) is 12.1 Å². The maximum absolute atomic E-state index is 11.3. The van der Waals surface area contributed by atoms with Crippen LogP contribution in [0.5, 0.6) is 0 Å². The molecule has 1 aliphatic heterocycles. The summed E-state index contributed by atoms with van der Waals surface area (Å²) < 4.78 is 10.2. The molecule has 0 bridgehead atoms. The molecule has 1 unspecified atom stereocenters. The van der Waals surface area contributed by atoms with Gasteiger partial charge in [-0.05, 0) is 13.3 Å². The first-order valence-corrected chi connectivity index (χ1v) is 6.49. The number of rotatable bonds is 2. The molecule has 2 heterocycles.